The standard InChI is InChI=1S/C20H27Cl2N5/c1-4-23-20(24-10-14(2)19-17(21)6-5-7-18(19)22)27-9-8-15(13-27)16-11-25-26(3)12-16/h5-7,11-12,14-15H,4,8-10,13H2,1-3H3,(H,23,24). The molecule has 1 aliphatic heterocycles. The van der Waals surface area contributed by atoms with Crippen molar-refractivity contribution in [2.45, 2.75) is 32.1 Å². The fourth-order valence-corrected chi connectivity index (χ4v) is 4.37. The molecule has 0 saturated carbocycles. The highest BCUT2D eigenvalue weighted by atomic mass is 35.5. The fourth-order valence-electron chi connectivity index (χ4n) is 3.60. The van der Waals surface area contributed by atoms with Gasteiger partial charge in [0.1, 0.15) is 0 Å². The van der Waals surface area contributed by atoms with Gasteiger partial charge in [-0.05, 0) is 36.6 Å². The first kappa shape index (κ1) is 20.0. The molecule has 0 spiro atoms. The zero-order valence-corrected chi connectivity index (χ0v) is 17.6. The summed E-state index contributed by atoms with van der Waals surface area (Å²) >= 11 is 12.7. The predicted molar refractivity (Wildman–Crippen MR) is 113 cm³/mol. The van der Waals surface area contributed by atoms with Crippen LogP contribution in [0, 0.1) is 0 Å². The van der Waals surface area contributed by atoms with Gasteiger partial charge in [0.05, 0.1) is 6.20 Å². The van der Waals surface area contributed by atoms with Crippen LogP contribution < -0.4 is 5.32 Å². The summed E-state index contributed by atoms with van der Waals surface area (Å²) in [6, 6.07) is 5.64. The molecule has 0 amide bonds. The third-order valence-electron chi connectivity index (χ3n) is 5.03. The average molecular weight is 408 g/mol. The molecule has 0 radical (unpaired) electrons. The second-order valence-corrected chi connectivity index (χ2v) is 7.92. The molecular weight excluding hydrogens is 381 g/mol. The number of halogens is 2. The molecular formula is C20H27Cl2N5. The first-order valence-corrected chi connectivity index (χ1v) is 10.2. The number of aromatic nitrogens is 2. The molecule has 146 valence electrons. The zero-order valence-electron chi connectivity index (χ0n) is 16.1. The molecule has 2 atom stereocenters. The molecule has 3 rings (SSSR count). The van der Waals surface area contributed by atoms with Crippen LogP contribution in [0.15, 0.2) is 35.6 Å². The van der Waals surface area contributed by atoms with Gasteiger partial charge in [-0.3, -0.25) is 9.67 Å². The number of aryl methyl sites for hydroxylation is 1. The third-order valence-corrected chi connectivity index (χ3v) is 5.69. The van der Waals surface area contributed by atoms with Gasteiger partial charge >= 0.3 is 0 Å². The average Bonchev–Trinajstić information content (AvgIpc) is 3.27. The Morgan fingerprint density at radius 1 is 1.37 bits per heavy atom. The number of hydrogen-bond acceptors (Lipinski definition) is 2. The van der Waals surface area contributed by atoms with E-state index < -0.39 is 0 Å². The van der Waals surface area contributed by atoms with Crippen molar-refractivity contribution in [2.24, 2.45) is 12.0 Å². The van der Waals surface area contributed by atoms with Crippen molar-refractivity contribution in [2.75, 3.05) is 26.2 Å². The summed E-state index contributed by atoms with van der Waals surface area (Å²) in [5, 5.41) is 9.13. The Kier molecular flexibility index (Phi) is 6.66. The SMILES string of the molecule is CCNC(=NCC(C)c1c(Cl)cccc1Cl)N1CCC(c2cnn(C)c2)C1. The third kappa shape index (κ3) is 4.77. The van der Waals surface area contributed by atoms with E-state index in [9.17, 15) is 0 Å². The highest BCUT2D eigenvalue weighted by Crippen LogP contribution is 2.32. The summed E-state index contributed by atoms with van der Waals surface area (Å²) < 4.78 is 1.87. The topological polar surface area (TPSA) is 45.5 Å². The molecule has 0 aliphatic carbocycles. The van der Waals surface area contributed by atoms with Crippen LogP contribution >= 0.6 is 23.2 Å². The van der Waals surface area contributed by atoms with Gasteiger partial charge in [-0.1, -0.05) is 36.2 Å². The van der Waals surface area contributed by atoms with Gasteiger partial charge in [0.2, 0.25) is 0 Å². The van der Waals surface area contributed by atoms with Crippen molar-refractivity contribution in [1.82, 2.24) is 20.0 Å². The van der Waals surface area contributed by atoms with Crippen LogP contribution in [0.4, 0.5) is 0 Å². The van der Waals surface area contributed by atoms with Crippen molar-refractivity contribution in [3.05, 3.63) is 51.8 Å². The van der Waals surface area contributed by atoms with E-state index >= 15 is 0 Å². The van der Waals surface area contributed by atoms with Gasteiger partial charge in [-0.2, -0.15) is 5.10 Å². The molecule has 1 aromatic heterocycles. The second kappa shape index (κ2) is 8.98. The van der Waals surface area contributed by atoms with Crippen LogP contribution in [0.3, 0.4) is 0 Å². The first-order chi connectivity index (χ1) is 13.0. The van der Waals surface area contributed by atoms with Gasteiger partial charge in [0.15, 0.2) is 5.96 Å². The van der Waals surface area contributed by atoms with Crippen molar-refractivity contribution in [3.8, 4) is 0 Å². The molecule has 7 heteroatoms. The molecule has 1 aliphatic rings. The minimum absolute atomic E-state index is 0.150. The maximum Gasteiger partial charge on any atom is 0.193 e. The highest BCUT2D eigenvalue weighted by molar-refractivity contribution is 6.36. The number of nitrogens with one attached hydrogen (secondary N) is 1. The summed E-state index contributed by atoms with van der Waals surface area (Å²) in [6.07, 6.45) is 5.20. The quantitative estimate of drug-likeness (QED) is 0.593. The van der Waals surface area contributed by atoms with Gasteiger partial charge in [0.25, 0.3) is 0 Å². The second-order valence-electron chi connectivity index (χ2n) is 7.11. The Hall–Kier alpha value is -1.72. The predicted octanol–water partition coefficient (Wildman–Crippen LogP) is 4.29. The van der Waals surface area contributed by atoms with Crippen LogP contribution in [0.25, 0.3) is 0 Å². The van der Waals surface area contributed by atoms with Crippen LogP contribution in [0.1, 0.15) is 43.2 Å². The van der Waals surface area contributed by atoms with Gasteiger partial charge in [-0.25, -0.2) is 0 Å². The molecule has 2 aromatic rings. The van der Waals surface area contributed by atoms with E-state index in [0.29, 0.717) is 22.5 Å². The van der Waals surface area contributed by atoms with Gasteiger partial charge in [0, 0.05) is 61.3 Å². The number of hydrogen-bond donors (Lipinski definition) is 1. The van der Waals surface area contributed by atoms with E-state index in [1.54, 1.807) is 0 Å². The number of likely N-dealkylation sites (tertiary alicyclic amines) is 1. The number of benzene rings is 1. The maximum atomic E-state index is 6.35. The number of guanidine groups is 1. The van der Waals surface area contributed by atoms with E-state index in [-0.39, 0.29) is 5.92 Å². The van der Waals surface area contributed by atoms with Crippen molar-refractivity contribution < 1.29 is 0 Å². The van der Waals surface area contributed by atoms with Crippen LogP contribution in [-0.4, -0.2) is 46.8 Å². The number of aliphatic imine (C=N–C) groups is 1. The fraction of sp³-hybridized carbons (Fsp3) is 0.500. The molecule has 2 unspecified atom stereocenters. The summed E-state index contributed by atoms with van der Waals surface area (Å²) in [4.78, 5) is 7.22. The molecule has 2 heterocycles. The largest absolute Gasteiger partial charge is 0.357 e. The van der Waals surface area contributed by atoms with Crippen molar-refractivity contribution in [3.63, 3.8) is 0 Å². The lowest BCUT2D eigenvalue weighted by atomic mass is 10.0. The van der Waals surface area contributed by atoms with E-state index in [0.717, 1.165) is 37.6 Å². The van der Waals surface area contributed by atoms with E-state index in [2.05, 4.69) is 35.4 Å². The van der Waals surface area contributed by atoms with E-state index in [1.165, 1.54) is 5.56 Å². The summed E-state index contributed by atoms with van der Waals surface area (Å²) in [6.45, 7) is 7.64. The van der Waals surface area contributed by atoms with Crippen molar-refractivity contribution >= 4 is 29.2 Å². The lowest BCUT2D eigenvalue weighted by Gasteiger charge is -2.22. The summed E-state index contributed by atoms with van der Waals surface area (Å²) in [5.74, 6) is 1.61. The van der Waals surface area contributed by atoms with E-state index in [4.69, 9.17) is 28.2 Å². The number of nitrogens with zero attached hydrogens (tertiary/aromatic N) is 4. The van der Waals surface area contributed by atoms with Crippen LogP contribution in [0.5, 0.6) is 0 Å². The zero-order chi connectivity index (χ0) is 19.4. The normalized spacial score (nSPS) is 18.8. The van der Waals surface area contributed by atoms with Crippen molar-refractivity contribution in [1.29, 1.82) is 0 Å². The Morgan fingerprint density at radius 2 is 2.11 bits per heavy atom. The van der Waals surface area contributed by atoms with E-state index in [1.807, 2.05) is 36.1 Å². The highest BCUT2D eigenvalue weighted by Gasteiger charge is 2.27. The first-order valence-electron chi connectivity index (χ1n) is 9.45. The molecule has 0 bridgehead atoms. The molecule has 1 fully saturated rings. The number of rotatable bonds is 5. The van der Waals surface area contributed by atoms with Crippen LogP contribution in [0.2, 0.25) is 10.0 Å². The minimum atomic E-state index is 0.150. The molecule has 1 N–H and O–H groups in total. The monoisotopic (exact) mass is 407 g/mol. The Labute approximate surface area is 171 Å². The molecule has 5 nitrogen and oxygen atoms in total. The Bertz CT molecular complexity index is 781. The smallest absolute Gasteiger partial charge is 0.193 e. The van der Waals surface area contributed by atoms with Gasteiger partial charge < -0.3 is 10.2 Å². The Balaban J connectivity index is 1.70. The summed E-state index contributed by atoms with van der Waals surface area (Å²) in [5.41, 5.74) is 2.27. The minimum Gasteiger partial charge on any atom is -0.357 e. The Morgan fingerprint density at radius 3 is 2.74 bits per heavy atom. The van der Waals surface area contributed by atoms with Gasteiger partial charge in [-0.15, -0.1) is 0 Å². The lowest BCUT2D eigenvalue weighted by Crippen LogP contribution is -2.40. The van der Waals surface area contributed by atoms with Crippen LogP contribution in [-0.2, 0) is 7.05 Å². The molecule has 1 saturated heterocycles. The molecule has 27 heavy (non-hydrogen) atoms. The summed E-state index contributed by atoms with van der Waals surface area (Å²) in [7, 11) is 1.96. The molecule has 1 aromatic carbocycles. The lowest BCUT2D eigenvalue weighted by molar-refractivity contribution is 0.485. The maximum absolute atomic E-state index is 6.35.